The Hall–Kier alpha value is -1.55. The lowest BCUT2D eigenvalue weighted by molar-refractivity contribution is 0.318. The summed E-state index contributed by atoms with van der Waals surface area (Å²) in [6.07, 6.45) is 9.91. The third-order valence-electron chi connectivity index (χ3n) is 3.38. The first-order chi connectivity index (χ1) is 7.86. The van der Waals surface area contributed by atoms with Crippen molar-refractivity contribution in [2.75, 3.05) is 13.6 Å². The van der Waals surface area contributed by atoms with Crippen molar-refractivity contribution in [3.8, 4) is 0 Å². The van der Waals surface area contributed by atoms with E-state index in [0.717, 1.165) is 5.39 Å². The first-order valence-corrected chi connectivity index (χ1v) is 5.61. The van der Waals surface area contributed by atoms with Crippen molar-refractivity contribution in [3.05, 3.63) is 30.4 Å². The van der Waals surface area contributed by atoms with Crippen molar-refractivity contribution in [3.63, 3.8) is 0 Å². The lowest BCUT2D eigenvalue weighted by atomic mass is 10.0. The maximum Gasteiger partial charge on any atom is 0.0590 e. The van der Waals surface area contributed by atoms with Crippen molar-refractivity contribution in [2.45, 2.75) is 18.9 Å². The first kappa shape index (κ1) is 9.66. The van der Waals surface area contributed by atoms with E-state index in [1.165, 1.54) is 30.3 Å². The summed E-state index contributed by atoms with van der Waals surface area (Å²) >= 11 is 0. The van der Waals surface area contributed by atoms with Crippen molar-refractivity contribution in [1.82, 2.24) is 20.1 Å². The van der Waals surface area contributed by atoms with Gasteiger partial charge in [-0.1, -0.05) is 0 Å². The van der Waals surface area contributed by atoms with Gasteiger partial charge < -0.3 is 0 Å². The zero-order valence-electron chi connectivity index (χ0n) is 9.30. The second-order valence-corrected chi connectivity index (χ2v) is 4.36. The third-order valence-corrected chi connectivity index (χ3v) is 3.38. The van der Waals surface area contributed by atoms with Gasteiger partial charge >= 0.3 is 0 Å². The van der Waals surface area contributed by atoms with E-state index >= 15 is 0 Å². The molecule has 0 N–H and O–H groups in total. The average Bonchev–Trinajstić information content (AvgIpc) is 2.75. The van der Waals surface area contributed by atoms with Crippen LogP contribution >= 0.6 is 0 Å². The highest BCUT2D eigenvalue weighted by Crippen LogP contribution is 2.33. The maximum absolute atomic E-state index is 4.30. The molecule has 0 unspecified atom stereocenters. The van der Waals surface area contributed by atoms with Crippen LogP contribution in [-0.2, 0) is 0 Å². The van der Waals surface area contributed by atoms with Crippen molar-refractivity contribution < 1.29 is 0 Å². The van der Waals surface area contributed by atoms with Crippen LogP contribution < -0.4 is 0 Å². The summed E-state index contributed by atoms with van der Waals surface area (Å²) in [5.74, 6) is 0. The van der Waals surface area contributed by atoms with E-state index in [9.17, 15) is 0 Å². The van der Waals surface area contributed by atoms with Crippen LogP contribution in [0, 0.1) is 0 Å². The molecule has 16 heavy (non-hydrogen) atoms. The van der Waals surface area contributed by atoms with E-state index in [2.05, 4.69) is 27.1 Å². The van der Waals surface area contributed by atoms with Crippen LogP contribution in [0.15, 0.2) is 24.8 Å². The summed E-state index contributed by atoms with van der Waals surface area (Å²) < 4.78 is 0. The smallest absolute Gasteiger partial charge is 0.0590 e. The van der Waals surface area contributed by atoms with E-state index in [1.807, 2.05) is 18.6 Å². The van der Waals surface area contributed by atoms with Gasteiger partial charge in [0.15, 0.2) is 0 Å². The Kier molecular flexibility index (Phi) is 2.29. The molecule has 2 aromatic rings. The minimum atomic E-state index is 0.486. The van der Waals surface area contributed by atoms with E-state index in [1.54, 1.807) is 6.20 Å². The molecule has 1 saturated heterocycles. The molecular formula is C12H14N4. The predicted octanol–water partition coefficient (Wildman–Crippen LogP) is 1.79. The zero-order chi connectivity index (χ0) is 11.0. The Balaban J connectivity index is 2.16. The van der Waals surface area contributed by atoms with Crippen LogP contribution in [0.3, 0.4) is 0 Å². The summed E-state index contributed by atoms with van der Waals surface area (Å²) in [4.78, 5) is 6.68. The van der Waals surface area contributed by atoms with Crippen LogP contribution in [0.5, 0.6) is 0 Å². The predicted molar refractivity (Wildman–Crippen MR) is 61.9 cm³/mol. The Labute approximate surface area is 94.3 Å². The number of rotatable bonds is 1. The molecule has 0 bridgehead atoms. The van der Waals surface area contributed by atoms with Crippen LogP contribution in [0.2, 0.25) is 0 Å². The molecule has 0 saturated carbocycles. The highest BCUT2D eigenvalue weighted by molar-refractivity contribution is 5.83. The van der Waals surface area contributed by atoms with E-state index in [0.29, 0.717) is 6.04 Å². The molecule has 4 nitrogen and oxygen atoms in total. The maximum atomic E-state index is 4.30. The van der Waals surface area contributed by atoms with Gasteiger partial charge in [0, 0.05) is 29.2 Å². The minimum absolute atomic E-state index is 0.486. The van der Waals surface area contributed by atoms with Gasteiger partial charge in [-0.15, -0.1) is 0 Å². The molecule has 1 aliphatic rings. The summed E-state index contributed by atoms with van der Waals surface area (Å²) in [6, 6.07) is 0.486. The normalized spacial score (nSPS) is 21.7. The third kappa shape index (κ3) is 1.46. The molecule has 1 aliphatic heterocycles. The monoisotopic (exact) mass is 214 g/mol. The molecule has 2 aromatic heterocycles. The van der Waals surface area contributed by atoms with Gasteiger partial charge in [-0.3, -0.25) is 9.88 Å². The molecular weight excluding hydrogens is 200 g/mol. The molecule has 0 amide bonds. The summed E-state index contributed by atoms with van der Waals surface area (Å²) in [6.45, 7) is 1.17. The molecule has 4 heteroatoms. The SMILES string of the molecule is CN1CCC[C@H]1c1cncc2cnncc12. The number of hydrogen-bond donors (Lipinski definition) is 0. The van der Waals surface area contributed by atoms with Crippen molar-refractivity contribution in [1.29, 1.82) is 0 Å². The fourth-order valence-electron chi connectivity index (χ4n) is 2.51. The van der Waals surface area contributed by atoms with Crippen LogP contribution in [0.25, 0.3) is 10.8 Å². The first-order valence-electron chi connectivity index (χ1n) is 5.61. The van der Waals surface area contributed by atoms with Crippen molar-refractivity contribution >= 4 is 10.8 Å². The fourth-order valence-corrected chi connectivity index (χ4v) is 2.51. The fraction of sp³-hybridized carbons (Fsp3) is 0.417. The van der Waals surface area contributed by atoms with Gasteiger partial charge in [-0.2, -0.15) is 10.2 Å². The molecule has 1 fully saturated rings. The van der Waals surface area contributed by atoms with Gasteiger partial charge in [-0.25, -0.2) is 0 Å². The molecule has 0 spiro atoms. The number of hydrogen-bond acceptors (Lipinski definition) is 4. The summed E-state index contributed by atoms with van der Waals surface area (Å²) in [5, 5.41) is 10.1. The van der Waals surface area contributed by atoms with Gasteiger partial charge in [-0.05, 0) is 32.0 Å². The Bertz CT molecular complexity index is 506. The molecule has 1 atom stereocenters. The van der Waals surface area contributed by atoms with Gasteiger partial charge in [0.2, 0.25) is 0 Å². The van der Waals surface area contributed by atoms with Crippen molar-refractivity contribution in [2.24, 2.45) is 0 Å². The largest absolute Gasteiger partial charge is 0.299 e. The number of nitrogens with zero attached hydrogens (tertiary/aromatic N) is 4. The topological polar surface area (TPSA) is 41.9 Å². The lowest BCUT2D eigenvalue weighted by Crippen LogP contribution is -2.17. The van der Waals surface area contributed by atoms with Gasteiger partial charge in [0.05, 0.1) is 12.4 Å². The number of aromatic nitrogens is 3. The number of fused-ring (bicyclic) bond motifs is 1. The second kappa shape index (κ2) is 3.79. The molecule has 0 aromatic carbocycles. The standard InChI is InChI=1S/C12H14N4/c1-16-4-2-3-12(16)11-7-13-5-9-6-14-15-8-10(9)11/h5-8,12H,2-4H2,1H3/t12-/m0/s1. The Morgan fingerprint density at radius 3 is 2.88 bits per heavy atom. The summed E-state index contributed by atoms with van der Waals surface area (Å²) in [5.41, 5.74) is 1.28. The Morgan fingerprint density at radius 2 is 2.06 bits per heavy atom. The number of pyridine rings is 1. The molecule has 3 rings (SSSR count). The van der Waals surface area contributed by atoms with Crippen LogP contribution in [-0.4, -0.2) is 33.7 Å². The summed E-state index contributed by atoms with van der Waals surface area (Å²) in [7, 11) is 2.17. The molecule has 82 valence electrons. The quantitative estimate of drug-likeness (QED) is 0.725. The van der Waals surface area contributed by atoms with Crippen LogP contribution in [0.4, 0.5) is 0 Å². The zero-order valence-corrected chi connectivity index (χ0v) is 9.30. The molecule has 0 radical (unpaired) electrons. The van der Waals surface area contributed by atoms with Crippen LogP contribution in [0.1, 0.15) is 24.4 Å². The van der Waals surface area contributed by atoms with E-state index in [-0.39, 0.29) is 0 Å². The van der Waals surface area contributed by atoms with E-state index < -0.39 is 0 Å². The molecule has 3 heterocycles. The Morgan fingerprint density at radius 1 is 1.19 bits per heavy atom. The number of likely N-dealkylation sites (tertiary alicyclic amines) is 1. The highest BCUT2D eigenvalue weighted by atomic mass is 15.1. The molecule has 0 aliphatic carbocycles. The average molecular weight is 214 g/mol. The lowest BCUT2D eigenvalue weighted by Gasteiger charge is -2.20. The van der Waals surface area contributed by atoms with Gasteiger partial charge in [0.25, 0.3) is 0 Å². The second-order valence-electron chi connectivity index (χ2n) is 4.36. The van der Waals surface area contributed by atoms with Gasteiger partial charge in [0.1, 0.15) is 0 Å². The minimum Gasteiger partial charge on any atom is -0.299 e. The highest BCUT2D eigenvalue weighted by Gasteiger charge is 2.24. The van der Waals surface area contributed by atoms with E-state index in [4.69, 9.17) is 0 Å².